The summed E-state index contributed by atoms with van der Waals surface area (Å²) in [7, 11) is 0. The van der Waals surface area contributed by atoms with Gasteiger partial charge in [0.15, 0.2) is 0 Å². The molecule has 1 saturated heterocycles. The van der Waals surface area contributed by atoms with Gasteiger partial charge >= 0.3 is 0 Å². The van der Waals surface area contributed by atoms with Gasteiger partial charge in [-0.2, -0.15) is 0 Å². The van der Waals surface area contributed by atoms with Crippen molar-refractivity contribution >= 4 is 12.4 Å². The Balaban J connectivity index is 0.00000128. The van der Waals surface area contributed by atoms with Crippen molar-refractivity contribution in [2.45, 2.75) is 19.9 Å². The maximum atomic E-state index is 9.48. The van der Waals surface area contributed by atoms with Crippen molar-refractivity contribution in [3.63, 3.8) is 0 Å². The first-order valence-corrected chi connectivity index (χ1v) is 5.42. The number of hydrogen-bond donors (Lipinski definition) is 3. The first kappa shape index (κ1) is 13.3. The van der Waals surface area contributed by atoms with Crippen LogP contribution in [-0.2, 0) is 0 Å². The lowest BCUT2D eigenvalue weighted by molar-refractivity contribution is 0.426. The highest BCUT2D eigenvalue weighted by molar-refractivity contribution is 5.85. The molecule has 0 unspecified atom stereocenters. The van der Waals surface area contributed by atoms with Gasteiger partial charge in [-0.3, -0.25) is 0 Å². The zero-order valence-corrected chi connectivity index (χ0v) is 10.5. The smallest absolute Gasteiger partial charge is 0.116 e. The summed E-state index contributed by atoms with van der Waals surface area (Å²) in [5.41, 5.74) is 3.64. The summed E-state index contributed by atoms with van der Waals surface area (Å²) in [6, 6.07) is 4.04. The number of aryl methyl sites for hydroxylation is 2. The van der Waals surface area contributed by atoms with Crippen LogP contribution in [0.25, 0.3) is 0 Å². The van der Waals surface area contributed by atoms with Crippen molar-refractivity contribution in [3.05, 3.63) is 28.8 Å². The van der Waals surface area contributed by atoms with Crippen molar-refractivity contribution in [2.75, 3.05) is 19.6 Å². The Morgan fingerprint density at radius 3 is 2.31 bits per heavy atom. The standard InChI is InChI=1S/C12H18N2O.ClH/c1-8-5-10(15)6-9(2)12(8)11-7-13-3-4-14-11;/h5-6,11,13-15H,3-4,7H2,1-2H3;1H/t11-;/m1./s1. The normalized spacial score (nSPS) is 20.2. The number of aromatic hydroxyl groups is 1. The first-order valence-electron chi connectivity index (χ1n) is 5.42. The molecular formula is C12H19ClN2O. The van der Waals surface area contributed by atoms with Crippen molar-refractivity contribution in [1.29, 1.82) is 0 Å². The fourth-order valence-corrected chi connectivity index (χ4v) is 2.36. The molecule has 1 heterocycles. The van der Waals surface area contributed by atoms with Gasteiger partial charge in [-0.1, -0.05) is 0 Å². The predicted octanol–water partition coefficient (Wildman–Crippen LogP) is 1.66. The Morgan fingerprint density at radius 2 is 1.81 bits per heavy atom. The molecule has 0 radical (unpaired) electrons. The topological polar surface area (TPSA) is 44.3 Å². The summed E-state index contributed by atoms with van der Waals surface area (Å²) in [6.07, 6.45) is 0. The lowest BCUT2D eigenvalue weighted by Gasteiger charge is -2.27. The van der Waals surface area contributed by atoms with Gasteiger partial charge in [-0.05, 0) is 42.7 Å². The highest BCUT2D eigenvalue weighted by Gasteiger charge is 2.18. The van der Waals surface area contributed by atoms with E-state index in [1.54, 1.807) is 0 Å². The van der Waals surface area contributed by atoms with Crippen LogP contribution in [0.2, 0.25) is 0 Å². The van der Waals surface area contributed by atoms with E-state index in [4.69, 9.17) is 0 Å². The second kappa shape index (κ2) is 5.53. The average Bonchev–Trinajstić information content (AvgIpc) is 2.17. The third kappa shape index (κ3) is 2.67. The van der Waals surface area contributed by atoms with E-state index in [0.717, 1.165) is 30.8 Å². The Labute approximate surface area is 103 Å². The van der Waals surface area contributed by atoms with Crippen LogP contribution < -0.4 is 10.6 Å². The third-order valence-electron chi connectivity index (χ3n) is 2.97. The van der Waals surface area contributed by atoms with E-state index in [-0.39, 0.29) is 12.4 Å². The maximum Gasteiger partial charge on any atom is 0.116 e. The zero-order chi connectivity index (χ0) is 10.8. The van der Waals surface area contributed by atoms with Gasteiger partial charge in [-0.15, -0.1) is 12.4 Å². The summed E-state index contributed by atoms with van der Waals surface area (Å²) in [5.74, 6) is 0.359. The lowest BCUT2D eigenvalue weighted by Crippen LogP contribution is -2.43. The van der Waals surface area contributed by atoms with Gasteiger partial charge in [0, 0.05) is 25.7 Å². The van der Waals surface area contributed by atoms with E-state index in [1.807, 2.05) is 12.1 Å². The van der Waals surface area contributed by atoms with Gasteiger partial charge in [0.2, 0.25) is 0 Å². The molecule has 0 spiro atoms. The number of phenolic OH excluding ortho intramolecular Hbond substituents is 1. The van der Waals surface area contributed by atoms with Crippen LogP contribution in [0.3, 0.4) is 0 Å². The van der Waals surface area contributed by atoms with Crippen molar-refractivity contribution in [2.24, 2.45) is 0 Å². The Hall–Kier alpha value is -0.770. The summed E-state index contributed by atoms with van der Waals surface area (Å²) in [6.45, 7) is 7.11. The number of nitrogens with one attached hydrogen (secondary N) is 2. The summed E-state index contributed by atoms with van der Waals surface area (Å²) in [5, 5.41) is 16.4. The second-order valence-electron chi connectivity index (χ2n) is 4.20. The van der Waals surface area contributed by atoms with Crippen molar-refractivity contribution in [1.82, 2.24) is 10.6 Å². The van der Waals surface area contributed by atoms with Crippen LogP contribution in [0, 0.1) is 13.8 Å². The third-order valence-corrected chi connectivity index (χ3v) is 2.97. The molecule has 0 bridgehead atoms. The van der Waals surface area contributed by atoms with E-state index in [2.05, 4.69) is 24.5 Å². The summed E-state index contributed by atoms with van der Waals surface area (Å²) < 4.78 is 0. The molecule has 1 aliphatic rings. The number of phenols is 1. The summed E-state index contributed by atoms with van der Waals surface area (Å²) in [4.78, 5) is 0. The predicted molar refractivity (Wildman–Crippen MR) is 68.4 cm³/mol. The van der Waals surface area contributed by atoms with Crippen LogP contribution in [0.15, 0.2) is 12.1 Å². The van der Waals surface area contributed by atoms with E-state index < -0.39 is 0 Å². The zero-order valence-electron chi connectivity index (χ0n) is 9.71. The molecule has 2 rings (SSSR count). The van der Waals surface area contributed by atoms with Gasteiger partial charge in [0.05, 0.1) is 0 Å². The maximum absolute atomic E-state index is 9.48. The molecule has 16 heavy (non-hydrogen) atoms. The van der Waals surface area contributed by atoms with Crippen molar-refractivity contribution < 1.29 is 5.11 Å². The molecule has 1 atom stereocenters. The van der Waals surface area contributed by atoms with Crippen LogP contribution >= 0.6 is 12.4 Å². The SMILES string of the molecule is Cc1cc(O)cc(C)c1[C@H]1CNCCN1.Cl. The molecule has 1 fully saturated rings. The van der Waals surface area contributed by atoms with E-state index in [1.165, 1.54) is 5.56 Å². The van der Waals surface area contributed by atoms with Gasteiger partial charge in [0.1, 0.15) is 5.75 Å². The van der Waals surface area contributed by atoms with E-state index >= 15 is 0 Å². The molecule has 0 amide bonds. The molecule has 0 aliphatic carbocycles. The minimum absolute atomic E-state index is 0. The van der Waals surface area contributed by atoms with Crippen molar-refractivity contribution in [3.8, 4) is 5.75 Å². The Bertz CT molecular complexity index is 339. The highest BCUT2D eigenvalue weighted by atomic mass is 35.5. The molecule has 0 aromatic heterocycles. The molecular weight excluding hydrogens is 224 g/mol. The van der Waals surface area contributed by atoms with E-state index in [9.17, 15) is 5.11 Å². The number of rotatable bonds is 1. The van der Waals surface area contributed by atoms with Crippen LogP contribution in [0.4, 0.5) is 0 Å². The molecule has 1 aromatic rings. The molecule has 4 heteroatoms. The molecule has 1 aromatic carbocycles. The lowest BCUT2D eigenvalue weighted by atomic mass is 9.95. The largest absolute Gasteiger partial charge is 0.508 e. The summed E-state index contributed by atoms with van der Waals surface area (Å²) >= 11 is 0. The molecule has 90 valence electrons. The average molecular weight is 243 g/mol. The highest BCUT2D eigenvalue weighted by Crippen LogP contribution is 2.26. The second-order valence-corrected chi connectivity index (χ2v) is 4.20. The number of piperazine rings is 1. The molecule has 3 N–H and O–H groups in total. The molecule has 1 aliphatic heterocycles. The first-order chi connectivity index (χ1) is 7.18. The fraction of sp³-hybridized carbons (Fsp3) is 0.500. The fourth-order valence-electron chi connectivity index (χ4n) is 2.36. The van der Waals surface area contributed by atoms with Gasteiger partial charge in [0.25, 0.3) is 0 Å². The van der Waals surface area contributed by atoms with Crippen LogP contribution in [0.1, 0.15) is 22.7 Å². The number of halogens is 1. The number of benzene rings is 1. The minimum atomic E-state index is 0. The monoisotopic (exact) mass is 242 g/mol. The van der Waals surface area contributed by atoms with E-state index in [0.29, 0.717) is 11.8 Å². The van der Waals surface area contributed by atoms with Gasteiger partial charge < -0.3 is 15.7 Å². The molecule has 0 saturated carbocycles. The molecule has 3 nitrogen and oxygen atoms in total. The Morgan fingerprint density at radius 1 is 1.19 bits per heavy atom. The van der Waals surface area contributed by atoms with Gasteiger partial charge in [-0.25, -0.2) is 0 Å². The van der Waals surface area contributed by atoms with Crippen LogP contribution in [-0.4, -0.2) is 24.7 Å². The minimum Gasteiger partial charge on any atom is -0.508 e. The Kier molecular flexibility index (Phi) is 4.59. The number of hydrogen-bond acceptors (Lipinski definition) is 3. The quantitative estimate of drug-likeness (QED) is 0.702. The van der Waals surface area contributed by atoms with Crippen LogP contribution in [0.5, 0.6) is 5.75 Å².